The Kier molecular flexibility index (Phi) is 6.37. The first-order valence-corrected chi connectivity index (χ1v) is 8.64. The van der Waals surface area contributed by atoms with Gasteiger partial charge in [0.2, 0.25) is 0 Å². The largest absolute Gasteiger partial charge is 0.103 e. The van der Waals surface area contributed by atoms with Crippen molar-refractivity contribution in [3.63, 3.8) is 0 Å². The first kappa shape index (κ1) is 18.0. The van der Waals surface area contributed by atoms with E-state index >= 15 is 0 Å². The minimum absolute atomic E-state index is 0.105. The fourth-order valence-electron chi connectivity index (χ4n) is 3.61. The quantitative estimate of drug-likeness (QED) is 0.449. The molecule has 0 fully saturated rings. The summed E-state index contributed by atoms with van der Waals surface area (Å²) in [5.41, 5.74) is 5.40. The van der Waals surface area contributed by atoms with E-state index in [9.17, 15) is 0 Å². The molecule has 2 rings (SSSR count). The zero-order valence-electron chi connectivity index (χ0n) is 14.6. The van der Waals surface area contributed by atoms with Crippen molar-refractivity contribution in [1.29, 1.82) is 0 Å². The molecule has 124 valence electrons. The van der Waals surface area contributed by atoms with Crippen molar-refractivity contribution in [1.82, 2.24) is 0 Å². The van der Waals surface area contributed by atoms with Gasteiger partial charge in [-0.2, -0.15) is 0 Å². The van der Waals surface area contributed by atoms with Crippen molar-refractivity contribution in [2.45, 2.75) is 32.1 Å². The van der Waals surface area contributed by atoms with Crippen LogP contribution in [0.1, 0.15) is 36.0 Å². The second-order valence-corrected chi connectivity index (χ2v) is 6.48. The molecule has 0 saturated heterocycles. The van der Waals surface area contributed by atoms with Crippen LogP contribution in [0.25, 0.3) is 5.57 Å². The van der Waals surface area contributed by atoms with Crippen molar-refractivity contribution in [3.8, 4) is 0 Å². The first-order chi connectivity index (χ1) is 11.7. The van der Waals surface area contributed by atoms with Gasteiger partial charge in [0.25, 0.3) is 0 Å². The molecule has 0 heteroatoms. The molecule has 0 radical (unpaired) electrons. The van der Waals surface area contributed by atoms with E-state index in [0.29, 0.717) is 0 Å². The van der Waals surface area contributed by atoms with Gasteiger partial charge in [0.05, 0.1) is 0 Å². The van der Waals surface area contributed by atoms with E-state index < -0.39 is 0 Å². The molecule has 0 atom stereocenters. The van der Waals surface area contributed by atoms with Crippen molar-refractivity contribution >= 4 is 5.57 Å². The zero-order chi connectivity index (χ0) is 17.4. The van der Waals surface area contributed by atoms with Crippen LogP contribution in [0.4, 0.5) is 0 Å². The molecule has 1 aliphatic rings. The van der Waals surface area contributed by atoms with Crippen LogP contribution in [0, 0.1) is 5.41 Å². The standard InChI is InChI=1S/C24H28/c1-5-11-20-13-9-15-23(22(20)12-6-2)21-14-10-18-24(19-21,16-7-3)17-8-4/h5-10,13-15,19H,1-4,11-12,16-18H2. The summed E-state index contributed by atoms with van der Waals surface area (Å²) in [6.45, 7) is 15.7. The molecule has 1 aromatic carbocycles. The number of hydrogen-bond donors (Lipinski definition) is 0. The first-order valence-electron chi connectivity index (χ1n) is 8.64. The smallest absolute Gasteiger partial charge is 0.000581 e. The van der Waals surface area contributed by atoms with Gasteiger partial charge in [0, 0.05) is 0 Å². The van der Waals surface area contributed by atoms with E-state index in [0.717, 1.165) is 32.1 Å². The van der Waals surface area contributed by atoms with Gasteiger partial charge in [-0.1, -0.05) is 60.7 Å². The second-order valence-electron chi connectivity index (χ2n) is 6.48. The molecule has 24 heavy (non-hydrogen) atoms. The van der Waals surface area contributed by atoms with Gasteiger partial charge >= 0.3 is 0 Å². The van der Waals surface area contributed by atoms with Gasteiger partial charge in [-0.3, -0.25) is 0 Å². The Morgan fingerprint density at radius 2 is 1.62 bits per heavy atom. The summed E-state index contributed by atoms with van der Waals surface area (Å²) in [5, 5.41) is 0. The third-order valence-corrected chi connectivity index (χ3v) is 4.68. The van der Waals surface area contributed by atoms with Crippen molar-refractivity contribution in [3.05, 3.63) is 104 Å². The van der Waals surface area contributed by atoms with E-state index in [1.54, 1.807) is 0 Å². The molecule has 0 saturated carbocycles. The van der Waals surface area contributed by atoms with E-state index in [1.165, 1.54) is 22.3 Å². The second kappa shape index (κ2) is 8.49. The van der Waals surface area contributed by atoms with Crippen molar-refractivity contribution in [2.24, 2.45) is 5.41 Å². The van der Waals surface area contributed by atoms with Crippen LogP contribution in [0.3, 0.4) is 0 Å². The molecule has 0 aliphatic heterocycles. The maximum Gasteiger partial charge on any atom is -0.000581 e. The van der Waals surface area contributed by atoms with Crippen LogP contribution in [0.5, 0.6) is 0 Å². The van der Waals surface area contributed by atoms with Crippen molar-refractivity contribution in [2.75, 3.05) is 0 Å². The number of hydrogen-bond acceptors (Lipinski definition) is 0. The number of allylic oxidation sites excluding steroid dienone is 8. The van der Waals surface area contributed by atoms with Crippen LogP contribution in [0.15, 0.2) is 87.0 Å². The highest BCUT2D eigenvalue weighted by Crippen LogP contribution is 2.41. The van der Waals surface area contributed by atoms with Gasteiger partial charge < -0.3 is 0 Å². The molecule has 0 nitrogen and oxygen atoms in total. The molecule has 0 bridgehead atoms. The third-order valence-electron chi connectivity index (χ3n) is 4.68. The fourth-order valence-corrected chi connectivity index (χ4v) is 3.61. The predicted molar refractivity (Wildman–Crippen MR) is 108 cm³/mol. The average molecular weight is 316 g/mol. The molecule has 0 aromatic heterocycles. The number of rotatable bonds is 9. The Hall–Kier alpha value is -2.34. The molecule has 1 aliphatic carbocycles. The SMILES string of the molecule is C=CCc1cccc(C2=CC(CC=C)(CC=C)CC=C2)c1CC=C. The van der Waals surface area contributed by atoms with E-state index in [-0.39, 0.29) is 5.41 Å². The molecular weight excluding hydrogens is 288 g/mol. The summed E-state index contributed by atoms with van der Waals surface area (Å²) >= 11 is 0. The number of benzene rings is 1. The highest BCUT2D eigenvalue weighted by molar-refractivity contribution is 5.78. The van der Waals surface area contributed by atoms with Crippen LogP contribution in [-0.4, -0.2) is 0 Å². The molecule has 0 amide bonds. The topological polar surface area (TPSA) is 0 Å². The van der Waals surface area contributed by atoms with E-state index in [1.807, 2.05) is 24.3 Å². The Balaban J connectivity index is 2.54. The minimum atomic E-state index is 0.105. The monoisotopic (exact) mass is 316 g/mol. The van der Waals surface area contributed by atoms with Crippen LogP contribution < -0.4 is 0 Å². The zero-order valence-corrected chi connectivity index (χ0v) is 14.6. The van der Waals surface area contributed by atoms with E-state index in [2.05, 4.69) is 62.7 Å². The molecule has 1 aromatic rings. The van der Waals surface area contributed by atoms with Crippen molar-refractivity contribution < 1.29 is 0 Å². The van der Waals surface area contributed by atoms with E-state index in [4.69, 9.17) is 0 Å². The van der Waals surface area contributed by atoms with Crippen LogP contribution in [0.2, 0.25) is 0 Å². The summed E-state index contributed by atoms with van der Waals surface area (Å²) in [4.78, 5) is 0. The summed E-state index contributed by atoms with van der Waals surface area (Å²) in [7, 11) is 0. The maximum absolute atomic E-state index is 3.95. The Bertz CT molecular complexity index is 666. The highest BCUT2D eigenvalue weighted by atomic mass is 14.3. The third kappa shape index (κ3) is 3.94. The summed E-state index contributed by atoms with van der Waals surface area (Å²) < 4.78 is 0. The van der Waals surface area contributed by atoms with Gasteiger partial charge in [0.15, 0.2) is 0 Å². The highest BCUT2D eigenvalue weighted by Gasteiger charge is 2.27. The molecule has 0 spiro atoms. The lowest BCUT2D eigenvalue weighted by atomic mass is 9.73. The van der Waals surface area contributed by atoms with Gasteiger partial charge in [-0.25, -0.2) is 0 Å². The Morgan fingerprint density at radius 3 is 2.25 bits per heavy atom. The molecular formula is C24H28. The fraction of sp³-hybridized carbons (Fsp3) is 0.250. The van der Waals surface area contributed by atoms with Crippen LogP contribution in [-0.2, 0) is 12.8 Å². The molecule has 0 unspecified atom stereocenters. The average Bonchev–Trinajstić information content (AvgIpc) is 2.57. The Labute approximate surface area is 147 Å². The Morgan fingerprint density at radius 1 is 0.917 bits per heavy atom. The van der Waals surface area contributed by atoms with Gasteiger partial charge in [0.1, 0.15) is 0 Å². The summed E-state index contributed by atoms with van der Waals surface area (Å²) in [6.07, 6.45) is 19.7. The minimum Gasteiger partial charge on any atom is -0.103 e. The van der Waals surface area contributed by atoms with Crippen LogP contribution >= 0.6 is 0 Å². The molecule has 0 heterocycles. The molecule has 0 N–H and O–H groups in total. The van der Waals surface area contributed by atoms with Gasteiger partial charge in [-0.05, 0) is 59.8 Å². The summed E-state index contributed by atoms with van der Waals surface area (Å²) in [5.74, 6) is 0. The van der Waals surface area contributed by atoms with Gasteiger partial charge in [-0.15, -0.1) is 26.3 Å². The normalized spacial score (nSPS) is 15.4. The lowest BCUT2D eigenvalue weighted by Gasteiger charge is -2.31. The lowest BCUT2D eigenvalue weighted by molar-refractivity contribution is 0.395. The lowest BCUT2D eigenvalue weighted by Crippen LogP contribution is -2.18. The summed E-state index contributed by atoms with van der Waals surface area (Å²) in [6, 6.07) is 6.56. The maximum atomic E-state index is 3.95. The predicted octanol–water partition coefficient (Wildman–Crippen LogP) is 6.63.